The number of methoxy groups -OCH3 is 2. The number of aromatic nitrogens is 4. The molecule has 6 N–H and O–H groups in total. The number of imidazole rings is 2. The number of hydrogen-bond donors (Lipinski definition) is 6. The zero-order valence-corrected chi connectivity index (χ0v) is 34.4. The van der Waals surface area contributed by atoms with Crippen LogP contribution < -0.4 is 16.0 Å². The highest BCUT2D eigenvalue weighted by Crippen LogP contribution is 2.33. The number of nitrogens with zero attached hydrogens (tertiary/aromatic N) is 4. The third-order valence-electron chi connectivity index (χ3n) is 10.8. The predicted molar refractivity (Wildman–Crippen MR) is 220 cm³/mol. The molecule has 0 bridgehead atoms. The lowest BCUT2D eigenvalue weighted by Gasteiger charge is -2.40. The van der Waals surface area contributed by atoms with Gasteiger partial charge < -0.3 is 45.4 Å². The summed E-state index contributed by atoms with van der Waals surface area (Å²) in [5.74, 6) is 6.38. The molecule has 2 saturated heterocycles. The first-order valence-corrected chi connectivity index (χ1v) is 19.9. The number of carboxylic acid groups (broad SMARTS) is 1. The van der Waals surface area contributed by atoms with Crippen LogP contribution in [0.3, 0.4) is 0 Å². The Kier molecular flexibility index (Phi) is 13.5. The van der Waals surface area contributed by atoms with Gasteiger partial charge in [-0.15, -0.1) is 0 Å². The molecule has 2 aromatic heterocycles. The molecule has 2 aliphatic rings. The van der Waals surface area contributed by atoms with Crippen molar-refractivity contribution in [2.45, 2.75) is 70.7 Å². The molecule has 60 heavy (non-hydrogen) atoms. The number of ketones is 1. The van der Waals surface area contributed by atoms with Gasteiger partial charge in [-0.2, -0.15) is 0 Å². The number of aromatic amines is 2. The molecule has 0 saturated carbocycles. The second-order valence-corrected chi connectivity index (χ2v) is 15.4. The van der Waals surface area contributed by atoms with Gasteiger partial charge in [-0.1, -0.05) is 63.8 Å². The summed E-state index contributed by atoms with van der Waals surface area (Å²) < 4.78 is 9.46. The minimum atomic E-state index is -1.25. The Bertz CT molecular complexity index is 2240. The minimum Gasteiger partial charge on any atom is -0.465 e. The predicted octanol–water partition coefficient (Wildman–Crippen LogP) is 4.85. The van der Waals surface area contributed by atoms with Crippen molar-refractivity contribution in [1.82, 2.24) is 45.7 Å². The third-order valence-corrected chi connectivity index (χ3v) is 10.8. The lowest BCUT2D eigenvalue weighted by molar-refractivity contribution is -0.135. The van der Waals surface area contributed by atoms with E-state index in [-0.39, 0.29) is 30.3 Å². The lowest BCUT2D eigenvalue weighted by Crippen LogP contribution is -2.62. The average Bonchev–Trinajstić information content (AvgIpc) is 4.05. The van der Waals surface area contributed by atoms with Gasteiger partial charge in [-0.3, -0.25) is 14.5 Å². The van der Waals surface area contributed by atoms with Gasteiger partial charge in [0.25, 0.3) is 0 Å². The highest BCUT2D eigenvalue weighted by Gasteiger charge is 2.45. The molecule has 0 spiro atoms. The molecule has 5 unspecified atom stereocenters. The molecular formula is C43H51N9O8. The van der Waals surface area contributed by atoms with Crippen LogP contribution in [0.5, 0.6) is 0 Å². The van der Waals surface area contributed by atoms with Gasteiger partial charge >= 0.3 is 18.3 Å². The van der Waals surface area contributed by atoms with E-state index in [1.165, 1.54) is 14.2 Å². The topological polar surface area (TPSA) is 224 Å². The van der Waals surface area contributed by atoms with Crippen LogP contribution in [0.15, 0.2) is 60.9 Å². The van der Waals surface area contributed by atoms with Crippen LogP contribution in [0.1, 0.15) is 75.4 Å². The van der Waals surface area contributed by atoms with Crippen LogP contribution in [0.25, 0.3) is 22.5 Å². The highest BCUT2D eigenvalue weighted by atomic mass is 16.5. The van der Waals surface area contributed by atoms with E-state index in [0.29, 0.717) is 30.4 Å². The Labute approximate surface area is 348 Å². The van der Waals surface area contributed by atoms with Gasteiger partial charge in [0.05, 0.1) is 56.1 Å². The number of likely N-dealkylation sites (tertiary alicyclic amines) is 1. The number of Topliss-reactive ketones (excluding diaryl/α,β-unsaturated/α-hetero) is 1. The van der Waals surface area contributed by atoms with Crippen molar-refractivity contribution in [3.8, 4) is 34.4 Å². The van der Waals surface area contributed by atoms with Crippen molar-refractivity contribution in [2.75, 3.05) is 33.9 Å². The van der Waals surface area contributed by atoms with Crippen molar-refractivity contribution >= 4 is 30.0 Å². The molecule has 2 fully saturated rings. The van der Waals surface area contributed by atoms with Gasteiger partial charge in [0, 0.05) is 30.8 Å². The molecule has 17 nitrogen and oxygen atoms in total. The second kappa shape index (κ2) is 18.9. The molecule has 2 aromatic carbocycles. The molecular weight excluding hydrogens is 771 g/mol. The van der Waals surface area contributed by atoms with Crippen LogP contribution in [-0.4, -0.2) is 117 Å². The number of carbonyl (C=O) groups excluding carboxylic acids is 4. The average molecular weight is 822 g/mol. The molecule has 4 amide bonds. The van der Waals surface area contributed by atoms with Gasteiger partial charge in [-0.25, -0.2) is 24.4 Å². The summed E-state index contributed by atoms with van der Waals surface area (Å²) in [5, 5.41) is 18.5. The van der Waals surface area contributed by atoms with Crippen LogP contribution >= 0.6 is 0 Å². The van der Waals surface area contributed by atoms with E-state index in [1.54, 1.807) is 31.1 Å². The van der Waals surface area contributed by atoms with Crippen molar-refractivity contribution in [3.63, 3.8) is 0 Å². The van der Waals surface area contributed by atoms with E-state index >= 15 is 0 Å². The number of piperazine rings is 1. The van der Waals surface area contributed by atoms with Gasteiger partial charge in [0.1, 0.15) is 23.7 Å². The maximum absolute atomic E-state index is 13.9. The van der Waals surface area contributed by atoms with Crippen LogP contribution in [-0.2, 0) is 19.1 Å². The van der Waals surface area contributed by atoms with Crippen LogP contribution in [0.2, 0.25) is 0 Å². The number of rotatable bonds is 11. The number of benzene rings is 2. The SMILES string of the molecule is COC(=O)NC(C(=O)C1C(c2ncc(-c3ccc(C#Cc4ccc(-c5cnc(C6CCCN6C(=O)C(NC(=O)OC)C(C)C)[nH]5)cc4)cc3)[nH]2)NCCN1C(=O)O)C(C)C. The zero-order valence-electron chi connectivity index (χ0n) is 34.4. The number of carbonyl (C=O) groups is 5. The van der Waals surface area contributed by atoms with E-state index in [4.69, 9.17) is 9.47 Å². The Morgan fingerprint density at radius 3 is 1.78 bits per heavy atom. The highest BCUT2D eigenvalue weighted by molar-refractivity contribution is 5.94. The van der Waals surface area contributed by atoms with Crippen molar-refractivity contribution in [1.29, 1.82) is 0 Å². The summed E-state index contributed by atoms with van der Waals surface area (Å²) in [4.78, 5) is 82.4. The molecule has 4 aromatic rings. The summed E-state index contributed by atoms with van der Waals surface area (Å²) >= 11 is 0. The van der Waals surface area contributed by atoms with E-state index in [1.807, 2.05) is 62.4 Å². The summed E-state index contributed by atoms with van der Waals surface area (Å²) in [5.41, 5.74) is 4.80. The fourth-order valence-electron chi connectivity index (χ4n) is 7.58. The molecule has 316 valence electrons. The van der Waals surface area contributed by atoms with E-state index in [0.717, 1.165) is 45.7 Å². The number of ether oxygens (including phenoxy) is 2. The van der Waals surface area contributed by atoms with Crippen molar-refractivity contribution < 1.29 is 38.6 Å². The summed E-state index contributed by atoms with van der Waals surface area (Å²) in [7, 11) is 2.47. The number of hydrogen-bond acceptors (Lipinski definition) is 10. The molecule has 6 rings (SSSR count). The largest absolute Gasteiger partial charge is 0.465 e. The maximum atomic E-state index is 13.9. The normalized spacial score (nSPS) is 18.6. The molecule has 5 atom stereocenters. The zero-order chi connectivity index (χ0) is 43.1. The van der Waals surface area contributed by atoms with E-state index in [9.17, 15) is 29.1 Å². The molecule has 17 heteroatoms. The fourth-order valence-corrected chi connectivity index (χ4v) is 7.58. The second-order valence-electron chi connectivity index (χ2n) is 15.4. The summed E-state index contributed by atoms with van der Waals surface area (Å²) in [6, 6.07) is 11.5. The quantitative estimate of drug-likeness (QED) is 0.112. The van der Waals surface area contributed by atoms with Gasteiger partial charge in [0.15, 0.2) is 5.78 Å². The molecule has 4 heterocycles. The fraction of sp³-hybridized carbons (Fsp3) is 0.419. The molecule has 0 aliphatic carbocycles. The first-order valence-electron chi connectivity index (χ1n) is 19.9. The summed E-state index contributed by atoms with van der Waals surface area (Å²) in [6.45, 7) is 8.24. The number of H-pyrrole nitrogens is 2. The molecule has 0 radical (unpaired) electrons. The third kappa shape index (κ3) is 9.61. The van der Waals surface area contributed by atoms with Gasteiger partial charge in [0.2, 0.25) is 5.91 Å². The van der Waals surface area contributed by atoms with Crippen LogP contribution in [0.4, 0.5) is 14.4 Å². The smallest absolute Gasteiger partial charge is 0.408 e. The maximum Gasteiger partial charge on any atom is 0.408 e. The van der Waals surface area contributed by atoms with Crippen LogP contribution in [0, 0.1) is 23.7 Å². The minimum absolute atomic E-state index is 0.0835. The lowest BCUT2D eigenvalue weighted by atomic mass is 9.89. The number of alkyl carbamates (subject to hydrolysis) is 2. The van der Waals surface area contributed by atoms with E-state index < -0.39 is 48.2 Å². The first kappa shape index (κ1) is 42.9. The standard InChI is InChI=1S/C43H51N9O8/c1-24(2)33(49-41(55)59-5)37(53)36-35(44-19-21-52(36)43(57)58)39-46-23-31(48-39)29-17-13-27(14-18-29)10-9-26-11-15-28(16-12-26)30-22-45-38(47-30)32-8-7-20-51(32)40(54)34(25(3)4)50-42(56)60-6/h11-18,22-25,32-36,44H,7-8,19-21H2,1-6H3,(H,45,47)(H,46,48)(H,49,55)(H,50,56)(H,57,58). The first-order chi connectivity index (χ1) is 28.8. The number of nitrogens with one attached hydrogen (secondary N) is 5. The summed E-state index contributed by atoms with van der Waals surface area (Å²) in [6.07, 6.45) is 2.30. The Morgan fingerprint density at radius 1 is 0.750 bits per heavy atom. The van der Waals surface area contributed by atoms with E-state index in [2.05, 4.69) is 47.7 Å². The van der Waals surface area contributed by atoms with Crippen molar-refractivity contribution in [3.05, 3.63) is 83.7 Å². The Morgan fingerprint density at radius 2 is 1.27 bits per heavy atom. The Hall–Kier alpha value is -6.67. The monoisotopic (exact) mass is 821 g/mol. The molecule has 2 aliphatic heterocycles. The van der Waals surface area contributed by atoms with Gasteiger partial charge in [-0.05, 0) is 60.1 Å². The Balaban J connectivity index is 1.11. The van der Waals surface area contributed by atoms with Crippen molar-refractivity contribution in [2.24, 2.45) is 11.8 Å². The number of amides is 4.